The number of hydrogen-bond acceptors (Lipinski definition) is 5. The van der Waals surface area contributed by atoms with Crippen molar-refractivity contribution in [3.05, 3.63) is 66.0 Å². The highest BCUT2D eigenvalue weighted by atomic mass is 16.5. The van der Waals surface area contributed by atoms with Gasteiger partial charge in [0.1, 0.15) is 18.1 Å². The zero-order valence-electron chi connectivity index (χ0n) is 14.9. The van der Waals surface area contributed by atoms with Crippen molar-refractivity contribution in [2.75, 3.05) is 14.2 Å². The molecule has 0 saturated heterocycles. The lowest BCUT2D eigenvalue weighted by Crippen LogP contribution is -2.06. The van der Waals surface area contributed by atoms with Gasteiger partial charge in [-0.1, -0.05) is 18.2 Å². The molecule has 26 heavy (non-hydrogen) atoms. The van der Waals surface area contributed by atoms with Gasteiger partial charge in [-0.25, -0.2) is 0 Å². The minimum absolute atomic E-state index is 0.234. The van der Waals surface area contributed by atoms with Gasteiger partial charge in [0, 0.05) is 12.6 Å². The van der Waals surface area contributed by atoms with Gasteiger partial charge in [0.2, 0.25) is 0 Å². The maximum Gasteiger partial charge on any atom is 0.306 e. The summed E-state index contributed by atoms with van der Waals surface area (Å²) in [5, 5.41) is 2.17. The standard InChI is InChI=1S/C21H21NO4/c1-24-19-7-6-17-9-16(3-5-18(17)11-19)14-26-21(23)8-4-15-10-20(25-2)13-22-12-15/h3,5-7,9-13H,4,8,14H2,1-2H3. The molecule has 0 radical (unpaired) electrons. The van der Waals surface area contributed by atoms with Crippen LogP contribution in [0.2, 0.25) is 0 Å². The van der Waals surface area contributed by atoms with Crippen LogP contribution in [0.1, 0.15) is 17.5 Å². The Labute approximate surface area is 152 Å². The first kappa shape index (κ1) is 17.7. The third-order valence-electron chi connectivity index (χ3n) is 4.13. The minimum atomic E-state index is -0.234. The van der Waals surface area contributed by atoms with E-state index in [0.29, 0.717) is 18.6 Å². The molecule has 0 amide bonds. The van der Waals surface area contributed by atoms with E-state index in [1.165, 1.54) is 0 Å². The number of methoxy groups -OCH3 is 2. The summed E-state index contributed by atoms with van der Waals surface area (Å²) in [6.45, 7) is 0.261. The number of benzene rings is 2. The predicted molar refractivity (Wildman–Crippen MR) is 99.4 cm³/mol. The number of hydrogen-bond donors (Lipinski definition) is 0. The first-order chi connectivity index (χ1) is 12.7. The predicted octanol–water partition coefficient (Wildman–Crippen LogP) is 3.93. The van der Waals surface area contributed by atoms with Gasteiger partial charge in [-0.3, -0.25) is 9.78 Å². The average Bonchev–Trinajstić information content (AvgIpc) is 2.70. The smallest absolute Gasteiger partial charge is 0.306 e. The molecule has 1 heterocycles. The molecule has 3 rings (SSSR count). The van der Waals surface area contributed by atoms with E-state index >= 15 is 0 Å². The van der Waals surface area contributed by atoms with E-state index in [1.54, 1.807) is 26.6 Å². The van der Waals surface area contributed by atoms with E-state index in [1.807, 2.05) is 42.5 Å². The van der Waals surface area contributed by atoms with Crippen molar-refractivity contribution >= 4 is 16.7 Å². The van der Waals surface area contributed by atoms with Gasteiger partial charge in [-0.2, -0.15) is 0 Å². The highest BCUT2D eigenvalue weighted by Crippen LogP contribution is 2.22. The fourth-order valence-electron chi connectivity index (χ4n) is 2.68. The molecule has 134 valence electrons. The van der Waals surface area contributed by atoms with Crippen molar-refractivity contribution in [2.24, 2.45) is 0 Å². The highest BCUT2D eigenvalue weighted by molar-refractivity contribution is 5.84. The Balaban J connectivity index is 1.54. The van der Waals surface area contributed by atoms with Crippen LogP contribution >= 0.6 is 0 Å². The van der Waals surface area contributed by atoms with Gasteiger partial charge >= 0.3 is 5.97 Å². The summed E-state index contributed by atoms with van der Waals surface area (Å²) in [5.74, 6) is 1.27. The SMILES string of the molecule is COc1cncc(CCC(=O)OCc2ccc3cc(OC)ccc3c2)c1. The number of nitrogens with zero attached hydrogens (tertiary/aromatic N) is 1. The molecule has 0 spiro atoms. The van der Waals surface area contributed by atoms with E-state index < -0.39 is 0 Å². The topological polar surface area (TPSA) is 57.7 Å². The van der Waals surface area contributed by atoms with Gasteiger partial charge < -0.3 is 14.2 Å². The van der Waals surface area contributed by atoms with Crippen LogP contribution in [-0.2, 0) is 22.6 Å². The fraction of sp³-hybridized carbons (Fsp3) is 0.238. The van der Waals surface area contributed by atoms with Crippen LogP contribution in [0.3, 0.4) is 0 Å². The van der Waals surface area contributed by atoms with Crippen molar-refractivity contribution in [1.29, 1.82) is 0 Å². The third kappa shape index (κ3) is 4.51. The lowest BCUT2D eigenvalue weighted by atomic mass is 10.1. The molecule has 5 nitrogen and oxygen atoms in total. The summed E-state index contributed by atoms with van der Waals surface area (Å²) in [5.41, 5.74) is 1.90. The quantitative estimate of drug-likeness (QED) is 0.604. The third-order valence-corrected chi connectivity index (χ3v) is 4.13. The van der Waals surface area contributed by atoms with Crippen molar-refractivity contribution in [3.63, 3.8) is 0 Å². The first-order valence-electron chi connectivity index (χ1n) is 8.38. The number of pyridine rings is 1. The zero-order valence-corrected chi connectivity index (χ0v) is 14.9. The van der Waals surface area contributed by atoms with Crippen LogP contribution in [-0.4, -0.2) is 25.2 Å². The van der Waals surface area contributed by atoms with Crippen molar-refractivity contribution in [3.8, 4) is 11.5 Å². The summed E-state index contributed by atoms with van der Waals surface area (Å²) in [7, 11) is 3.24. The van der Waals surface area contributed by atoms with Crippen LogP contribution in [0.25, 0.3) is 10.8 Å². The largest absolute Gasteiger partial charge is 0.497 e. The maximum atomic E-state index is 12.0. The molecule has 5 heteroatoms. The molecular weight excluding hydrogens is 330 g/mol. The zero-order chi connectivity index (χ0) is 18.4. The molecule has 2 aromatic carbocycles. The lowest BCUT2D eigenvalue weighted by Gasteiger charge is -2.08. The van der Waals surface area contributed by atoms with E-state index in [4.69, 9.17) is 14.2 Å². The van der Waals surface area contributed by atoms with E-state index in [-0.39, 0.29) is 12.6 Å². The number of fused-ring (bicyclic) bond motifs is 1. The Morgan fingerprint density at radius 2 is 1.65 bits per heavy atom. The van der Waals surface area contributed by atoms with Crippen LogP contribution in [0.15, 0.2) is 54.9 Å². The molecule has 0 aliphatic carbocycles. The van der Waals surface area contributed by atoms with Crippen LogP contribution in [0, 0.1) is 0 Å². The molecule has 0 fully saturated rings. The molecule has 0 N–H and O–H groups in total. The van der Waals surface area contributed by atoms with E-state index in [9.17, 15) is 4.79 Å². The second-order valence-corrected chi connectivity index (χ2v) is 5.94. The van der Waals surface area contributed by atoms with Crippen molar-refractivity contribution in [2.45, 2.75) is 19.4 Å². The van der Waals surface area contributed by atoms with Crippen LogP contribution in [0.5, 0.6) is 11.5 Å². The van der Waals surface area contributed by atoms with Crippen LogP contribution in [0.4, 0.5) is 0 Å². The molecule has 3 aromatic rings. The van der Waals surface area contributed by atoms with E-state index in [2.05, 4.69) is 4.98 Å². The van der Waals surface area contributed by atoms with Gasteiger partial charge in [-0.15, -0.1) is 0 Å². The number of carbonyl (C=O) groups excluding carboxylic acids is 1. The summed E-state index contributed by atoms with van der Waals surface area (Å²) in [6.07, 6.45) is 4.24. The molecule has 0 atom stereocenters. The Hall–Kier alpha value is -3.08. The maximum absolute atomic E-state index is 12.0. The number of aryl methyl sites for hydroxylation is 1. The molecule has 0 aliphatic heterocycles. The number of rotatable bonds is 7. The number of ether oxygens (including phenoxy) is 3. The number of aromatic nitrogens is 1. The first-order valence-corrected chi connectivity index (χ1v) is 8.38. The van der Waals surface area contributed by atoms with Gasteiger partial charge in [0.25, 0.3) is 0 Å². The highest BCUT2D eigenvalue weighted by Gasteiger charge is 2.06. The number of carbonyl (C=O) groups is 1. The lowest BCUT2D eigenvalue weighted by molar-refractivity contribution is -0.144. The average molecular weight is 351 g/mol. The monoisotopic (exact) mass is 351 g/mol. The second kappa shape index (κ2) is 8.34. The summed E-state index contributed by atoms with van der Waals surface area (Å²) < 4.78 is 15.7. The van der Waals surface area contributed by atoms with Crippen molar-refractivity contribution in [1.82, 2.24) is 4.98 Å². The van der Waals surface area contributed by atoms with Gasteiger partial charge in [0.05, 0.1) is 20.4 Å². The Morgan fingerprint density at radius 1 is 0.885 bits per heavy atom. The fourth-order valence-corrected chi connectivity index (χ4v) is 2.68. The summed E-state index contributed by atoms with van der Waals surface area (Å²) in [6, 6.07) is 13.7. The molecule has 0 saturated carbocycles. The Bertz CT molecular complexity index is 907. The molecule has 1 aromatic heterocycles. The normalized spacial score (nSPS) is 10.5. The minimum Gasteiger partial charge on any atom is -0.497 e. The van der Waals surface area contributed by atoms with E-state index in [0.717, 1.165) is 27.6 Å². The second-order valence-electron chi connectivity index (χ2n) is 5.94. The molecule has 0 aliphatic rings. The molecule has 0 bridgehead atoms. The summed E-state index contributed by atoms with van der Waals surface area (Å²) >= 11 is 0. The number of esters is 1. The Morgan fingerprint density at radius 3 is 2.46 bits per heavy atom. The molecule has 0 unspecified atom stereocenters. The Kier molecular flexibility index (Phi) is 5.69. The molecular formula is C21H21NO4. The summed E-state index contributed by atoms with van der Waals surface area (Å²) in [4.78, 5) is 16.1. The van der Waals surface area contributed by atoms with Crippen LogP contribution < -0.4 is 9.47 Å². The van der Waals surface area contributed by atoms with Gasteiger partial charge in [0.15, 0.2) is 0 Å². The van der Waals surface area contributed by atoms with Gasteiger partial charge in [-0.05, 0) is 52.6 Å². The van der Waals surface area contributed by atoms with Crippen molar-refractivity contribution < 1.29 is 19.0 Å².